The zero-order valence-electron chi connectivity index (χ0n) is 14.4. The standard InChI is InChI=1S/C20H14O2.C2H5O.Al/c21-17-11-9-13-5-1-3-7-15(13)19(17)20-16-8-4-2-6-14(16)10-12-18(20)22;1-2-3;/h1-12,21-22H;2H2,1H3;/q;-1;+3/p-2. The first kappa shape index (κ1) is 15.7. The van der Waals surface area contributed by atoms with E-state index in [2.05, 4.69) is 60.7 Å². The summed E-state index contributed by atoms with van der Waals surface area (Å²) >= 11 is -2.31. The molecule has 0 unspecified atom stereocenters. The van der Waals surface area contributed by atoms with Crippen LogP contribution in [0.2, 0.25) is 0 Å². The fourth-order valence-electron chi connectivity index (χ4n) is 3.65. The molecular formula is C22H17AlO3. The minimum atomic E-state index is -2.31. The Balaban J connectivity index is 1.91. The lowest BCUT2D eigenvalue weighted by atomic mass is 9.92. The molecule has 0 atom stereocenters. The van der Waals surface area contributed by atoms with Crippen LogP contribution < -0.4 is 7.58 Å². The summed E-state index contributed by atoms with van der Waals surface area (Å²) in [6, 6.07) is 25.1. The van der Waals surface area contributed by atoms with Crippen LogP contribution in [0.3, 0.4) is 0 Å². The molecule has 1 aliphatic rings. The van der Waals surface area contributed by atoms with Crippen molar-refractivity contribution in [3.05, 3.63) is 72.8 Å². The minimum Gasteiger partial charge on any atom is -0.588 e. The highest BCUT2D eigenvalue weighted by atomic mass is 27.3. The lowest BCUT2D eigenvalue weighted by molar-refractivity contribution is 0.214. The van der Waals surface area contributed by atoms with Crippen LogP contribution in [-0.2, 0) is 3.79 Å². The SMILES string of the molecule is CC[O][Al]1[O]c2ccc3ccccc3c2-c2c(ccc3ccccc23)[O]1. The third-order valence-corrected chi connectivity index (χ3v) is 6.28. The van der Waals surface area contributed by atoms with Gasteiger partial charge in [0.15, 0.2) is 0 Å². The van der Waals surface area contributed by atoms with Crippen LogP contribution in [0.1, 0.15) is 6.92 Å². The Kier molecular flexibility index (Phi) is 3.83. The van der Waals surface area contributed by atoms with Crippen molar-refractivity contribution >= 4 is 36.7 Å². The molecule has 0 spiro atoms. The van der Waals surface area contributed by atoms with Crippen LogP contribution in [0.15, 0.2) is 72.8 Å². The molecule has 126 valence electrons. The van der Waals surface area contributed by atoms with Gasteiger partial charge in [0.05, 0.1) is 11.5 Å². The normalized spacial score (nSPS) is 12.9. The molecule has 0 N–H and O–H groups in total. The highest BCUT2D eigenvalue weighted by Crippen LogP contribution is 2.47. The van der Waals surface area contributed by atoms with Gasteiger partial charge in [0.25, 0.3) is 0 Å². The molecule has 0 amide bonds. The summed E-state index contributed by atoms with van der Waals surface area (Å²) in [4.78, 5) is 0. The van der Waals surface area contributed by atoms with E-state index in [1.807, 2.05) is 19.1 Å². The predicted molar refractivity (Wildman–Crippen MR) is 106 cm³/mol. The summed E-state index contributed by atoms with van der Waals surface area (Å²) in [6.45, 7) is 2.54. The molecule has 0 fully saturated rings. The average molecular weight is 356 g/mol. The Morgan fingerprint density at radius 1 is 0.692 bits per heavy atom. The molecule has 26 heavy (non-hydrogen) atoms. The first-order chi connectivity index (χ1) is 12.8. The molecule has 3 nitrogen and oxygen atoms in total. The van der Waals surface area contributed by atoms with Gasteiger partial charge in [-0.25, -0.2) is 0 Å². The van der Waals surface area contributed by atoms with Crippen molar-refractivity contribution < 1.29 is 11.4 Å². The third-order valence-electron chi connectivity index (χ3n) is 4.78. The molecule has 0 aromatic heterocycles. The second-order valence-electron chi connectivity index (χ2n) is 6.30. The van der Waals surface area contributed by atoms with Crippen molar-refractivity contribution in [3.63, 3.8) is 0 Å². The van der Waals surface area contributed by atoms with E-state index in [9.17, 15) is 0 Å². The lowest BCUT2D eigenvalue weighted by Crippen LogP contribution is -2.33. The van der Waals surface area contributed by atoms with Gasteiger partial charge in [-0.2, -0.15) is 0 Å². The smallest absolute Gasteiger partial charge is 0.588 e. The minimum absolute atomic E-state index is 0.572. The summed E-state index contributed by atoms with van der Waals surface area (Å²) in [5.74, 6) is 1.67. The van der Waals surface area contributed by atoms with Gasteiger partial charge in [-0.05, 0) is 40.6 Å². The van der Waals surface area contributed by atoms with E-state index < -0.39 is 15.1 Å². The second kappa shape index (κ2) is 6.34. The second-order valence-corrected chi connectivity index (χ2v) is 7.68. The molecule has 4 heteroatoms. The zero-order chi connectivity index (χ0) is 17.5. The van der Waals surface area contributed by atoms with Gasteiger partial charge in [0.1, 0.15) is 0 Å². The molecule has 4 aromatic carbocycles. The van der Waals surface area contributed by atoms with Crippen LogP contribution in [0.5, 0.6) is 11.5 Å². The topological polar surface area (TPSA) is 27.7 Å². The summed E-state index contributed by atoms with van der Waals surface area (Å²) < 4.78 is 18.3. The van der Waals surface area contributed by atoms with E-state index in [1.165, 1.54) is 10.8 Å². The van der Waals surface area contributed by atoms with E-state index in [0.717, 1.165) is 33.4 Å². The van der Waals surface area contributed by atoms with Crippen LogP contribution in [0, 0.1) is 0 Å². The Morgan fingerprint density at radius 3 is 1.69 bits per heavy atom. The summed E-state index contributed by atoms with van der Waals surface area (Å²) in [7, 11) is 0. The quantitative estimate of drug-likeness (QED) is 0.447. The number of hydrogen-bond donors (Lipinski definition) is 0. The van der Waals surface area contributed by atoms with Gasteiger partial charge in [-0.3, -0.25) is 0 Å². The van der Waals surface area contributed by atoms with E-state index in [-0.39, 0.29) is 0 Å². The lowest BCUT2D eigenvalue weighted by Gasteiger charge is -2.15. The average Bonchev–Trinajstić information content (AvgIpc) is 2.84. The van der Waals surface area contributed by atoms with Crippen molar-refractivity contribution in [1.82, 2.24) is 0 Å². The summed E-state index contributed by atoms with van der Waals surface area (Å²) in [5, 5.41) is 4.70. The molecule has 4 aromatic rings. The molecule has 0 saturated heterocycles. The molecule has 1 aliphatic heterocycles. The first-order valence-corrected chi connectivity index (χ1v) is 10.3. The van der Waals surface area contributed by atoms with Gasteiger partial charge >= 0.3 is 15.1 Å². The van der Waals surface area contributed by atoms with Gasteiger partial charge < -0.3 is 11.4 Å². The molecule has 5 rings (SSSR count). The highest BCUT2D eigenvalue weighted by molar-refractivity contribution is 6.39. The van der Waals surface area contributed by atoms with Gasteiger partial charge in [-0.15, -0.1) is 0 Å². The maximum atomic E-state index is 6.23. The number of hydrogen-bond acceptors (Lipinski definition) is 3. The van der Waals surface area contributed by atoms with E-state index in [1.54, 1.807) is 0 Å². The third kappa shape index (κ3) is 2.47. The maximum Gasteiger partial charge on any atom is 1.10 e. The molecule has 0 saturated carbocycles. The largest absolute Gasteiger partial charge is 1.10 e. The number of rotatable bonds is 2. The fraction of sp³-hybridized carbons (Fsp3) is 0.0909. The van der Waals surface area contributed by atoms with E-state index >= 15 is 0 Å². The molecule has 0 radical (unpaired) electrons. The van der Waals surface area contributed by atoms with Crippen molar-refractivity contribution in [2.45, 2.75) is 6.92 Å². The van der Waals surface area contributed by atoms with Crippen molar-refractivity contribution in [2.75, 3.05) is 6.61 Å². The monoisotopic (exact) mass is 356 g/mol. The Bertz CT molecular complexity index is 1040. The van der Waals surface area contributed by atoms with Crippen molar-refractivity contribution in [3.8, 4) is 22.6 Å². The molecular weight excluding hydrogens is 339 g/mol. The van der Waals surface area contributed by atoms with Crippen molar-refractivity contribution in [2.24, 2.45) is 0 Å². The molecule has 0 bridgehead atoms. The van der Waals surface area contributed by atoms with Gasteiger partial charge in [0, 0.05) is 17.7 Å². The summed E-state index contributed by atoms with van der Waals surface area (Å²) in [5.41, 5.74) is 2.18. The van der Waals surface area contributed by atoms with E-state index in [0.29, 0.717) is 6.61 Å². The Labute approximate surface area is 157 Å². The molecule has 0 aliphatic carbocycles. The van der Waals surface area contributed by atoms with Gasteiger partial charge in [0.2, 0.25) is 0 Å². The van der Waals surface area contributed by atoms with E-state index in [4.69, 9.17) is 11.4 Å². The van der Waals surface area contributed by atoms with Crippen LogP contribution in [-0.4, -0.2) is 21.8 Å². The highest BCUT2D eigenvalue weighted by Gasteiger charge is 2.43. The molecule has 1 heterocycles. The first-order valence-electron chi connectivity index (χ1n) is 8.84. The predicted octanol–water partition coefficient (Wildman–Crippen LogP) is 5.45. The van der Waals surface area contributed by atoms with Crippen molar-refractivity contribution in [1.29, 1.82) is 0 Å². The van der Waals surface area contributed by atoms with Gasteiger partial charge in [-0.1, -0.05) is 60.7 Å². The zero-order valence-corrected chi connectivity index (χ0v) is 15.6. The summed E-state index contributed by atoms with van der Waals surface area (Å²) in [6.07, 6.45) is 0. The van der Waals surface area contributed by atoms with Crippen LogP contribution in [0.4, 0.5) is 0 Å². The maximum absolute atomic E-state index is 6.23. The fourth-order valence-corrected chi connectivity index (χ4v) is 4.91. The number of fused-ring (bicyclic) bond motifs is 7. The Morgan fingerprint density at radius 2 is 1.19 bits per heavy atom. The Hall–Kier alpha value is -2.51. The van der Waals surface area contributed by atoms with Crippen LogP contribution >= 0.6 is 0 Å². The van der Waals surface area contributed by atoms with Crippen LogP contribution in [0.25, 0.3) is 32.7 Å². The number of benzene rings is 4.